The topological polar surface area (TPSA) is 0 Å². The van der Waals surface area contributed by atoms with Crippen molar-refractivity contribution in [3.8, 4) is 0 Å². The molecule has 0 aliphatic carbocycles. The van der Waals surface area contributed by atoms with Crippen molar-refractivity contribution in [1.82, 2.24) is 0 Å². The van der Waals surface area contributed by atoms with Crippen LogP contribution in [0.5, 0.6) is 0 Å². The maximum Gasteiger partial charge on any atom is 0.173 e. The lowest BCUT2D eigenvalue weighted by molar-refractivity contribution is 0.447. The normalized spacial score (nSPS) is 33.3. The van der Waals surface area contributed by atoms with Crippen LogP contribution in [0.1, 0.15) is 38.5 Å². The van der Waals surface area contributed by atoms with Crippen LogP contribution in [-0.2, 0) is 0 Å². The lowest BCUT2D eigenvalue weighted by atomic mass is 9.27. The second-order valence-electron chi connectivity index (χ2n) is 4.71. The van der Waals surface area contributed by atoms with Gasteiger partial charge in [-0.05, 0) is 4.48 Å². The molecule has 0 amide bonds. The summed E-state index contributed by atoms with van der Waals surface area (Å²) in [5.74, 6) is 4.48. The van der Waals surface area contributed by atoms with Crippen molar-refractivity contribution in [1.29, 1.82) is 0 Å². The van der Waals surface area contributed by atoms with Crippen LogP contribution in [0.15, 0.2) is 10.5 Å². The van der Waals surface area contributed by atoms with Crippen molar-refractivity contribution in [3.63, 3.8) is 0 Å². The minimum Gasteiger partial charge on any atom is -0.104 e. The Labute approximate surface area is 104 Å². The molecule has 0 aromatic heterocycles. The van der Waals surface area contributed by atoms with Crippen LogP contribution in [0, 0.1) is 0 Å². The Kier molecular flexibility index (Phi) is 4.18. The van der Waals surface area contributed by atoms with Crippen LogP contribution < -0.4 is 0 Å². The molecule has 2 bridgehead atoms. The number of halogens is 2. The molecule has 0 aromatic rings. The van der Waals surface area contributed by atoms with Crippen molar-refractivity contribution in [2.75, 3.05) is 5.33 Å². The third-order valence-electron chi connectivity index (χ3n) is 3.89. The molecule has 2 aliphatic heterocycles. The van der Waals surface area contributed by atoms with E-state index in [0.717, 1.165) is 23.7 Å². The summed E-state index contributed by atoms with van der Waals surface area (Å²) in [6.45, 7) is 0.879. The standard InChI is InChI=1S/C11H17BBr2/c13-8-11(14)7-12-9-3-1-4-10(12)6-2-5-9/h7,9-10H,1-6,8H2/b11-7+. The van der Waals surface area contributed by atoms with Gasteiger partial charge in [0.15, 0.2) is 6.71 Å². The average molecular weight is 320 g/mol. The number of hydrogen-bond donors (Lipinski definition) is 0. The average Bonchev–Trinajstić information content (AvgIpc) is 2.17. The Balaban J connectivity index is 2.08. The predicted molar refractivity (Wildman–Crippen MR) is 71.8 cm³/mol. The molecule has 0 aromatic carbocycles. The molecule has 0 unspecified atom stereocenters. The van der Waals surface area contributed by atoms with Crippen LogP contribution in [0.4, 0.5) is 0 Å². The highest BCUT2D eigenvalue weighted by molar-refractivity contribution is 9.13. The van der Waals surface area contributed by atoms with Crippen molar-refractivity contribution < 1.29 is 0 Å². The van der Waals surface area contributed by atoms with Crippen LogP contribution in [-0.4, -0.2) is 12.0 Å². The first-order chi connectivity index (χ1) is 6.81. The van der Waals surface area contributed by atoms with E-state index in [1.165, 1.54) is 43.0 Å². The highest BCUT2D eigenvalue weighted by atomic mass is 79.9. The van der Waals surface area contributed by atoms with Gasteiger partial charge in [-0.25, -0.2) is 0 Å². The van der Waals surface area contributed by atoms with E-state index in [-0.39, 0.29) is 0 Å². The number of hydrogen-bond acceptors (Lipinski definition) is 0. The summed E-state index contributed by atoms with van der Waals surface area (Å²) >= 11 is 7.14. The van der Waals surface area contributed by atoms with Gasteiger partial charge in [0.2, 0.25) is 0 Å². The summed E-state index contributed by atoms with van der Waals surface area (Å²) in [4.78, 5) is 0. The fourth-order valence-corrected chi connectivity index (χ4v) is 3.75. The first kappa shape index (κ1) is 11.3. The van der Waals surface area contributed by atoms with Crippen LogP contribution in [0.3, 0.4) is 0 Å². The van der Waals surface area contributed by atoms with E-state index in [4.69, 9.17) is 0 Å². The monoisotopic (exact) mass is 318 g/mol. The highest BCUT2D eigenvalue weighted by Gasteiger charge is 2.37. The summed E-state index contributed by atoms with van der Waals surface area (Å²) in [6, 6.07) is 0. The van der Waals surface area contributed by atoms with E-state index in [2.05, 4.69) is 37.8 Å². The third kappa shape index (κ3) is 2.47. The fourth-order valence-electron chi connectivity index (χ4n) is 3.25. The predicted octanol–water partition coefficient (Wildman–Crippen LogP) is 4.80. The van der Waals surface area contributed by atoms with Crippen LogP contribution >= 0.6 is 31.9 Å². The van der Waals surface area contributed by atoms with Gasteiger partial charge in [-0.2, -0.15) is 0 Å². The zero-order chi connectivity index (χ0) is 9.97. The molecule has 2 aliphatic rings. The van der Waals surface area contributed by atoms with Gasteiger partial charge in [0, 0.05) is 5.33 Å². The molecule has 0 saturated carbocycles. The summed E-state index contributed by atoms with van der Waals surface area (Å²) in [7, 11) is 0. The zero-order valence-electron chi connectivity index (χ0n) is 8.52. The van der Waals surface area contributed by atoms with E-state index >= 15 is 0 Å². The van der Waals surface area contributed by atoms with E-state index in [1.807, 2.05) is 0 Å². The molecule has 0 radical (unpaired) electrons. The third-order valence-corrected chi connectivity index (χ3v) is 5.79. The Bertz CT molecular complexity index is 205. The number of fused-ring (bicyclic) bond motifs is 2. The summed E-state index contributed by atoms with van der Waals surface area (Å²) < 4.78 is 1.35. The summed E-state index contributed by atoms with van der Waals surface area (Å²) in [5.41, 5.74) is 0. The molecule has 2 saturated heterocycles. The van der Waals surface area contributed by atoms with E-state index < -0.39 is 0 Å². The Morgan fingerprint density at radius 3 is 2.07 bits per heavy atom. The SMILES string of the molecule is BrC/C(Br)=C\B1C2CCCC1CCC2. The van der Waals surface area contributed by atoms with Crippen molar-refractivity contribution in [2.24, 2.45) is 0 Å². The molecular weight excluding hydrogens is 303 g/mol. The van der Waals surface area contributed by atoms with Gasteiger partial charge in [0.05, 0.1) is 0 Å². The van der Waals surface area contributed by atoms with Crippen molar-refractivity contribution >= 4 is 38.6 Å². The first-order valence-corrected chi connectivity index (χ1v) is 7.65. The minimum atomic E-state index is 0.879. The van der Waals surface area contributed by atoms with E-state index in [9.17, 15) is 0 Å². The van der Waals surface area contributed by atoms with Crippen molar-refractivity contribution in [2.45, 2.75) is 50.2 Å². The second kappa shape index (κ2) is 5.20. The molecule has 0 nitrogen and oxygen atoms in total. The molecule has 14 heavy (non-hydrogen) atoms. The highest BCUT2D eigenvalue weighted by Crippen LogP contribution is 2.47. The van der Waals surface area contributed by atoms with Crippen LogP contribution in [0.25, 0.3) is 0 Å². The first-order valence-electron chi connectivity index (χ1n) is 5.73. The minimum absolute atomic E-state index is 0.879. The van der Waals surface area contributed by atoms with Gasteiger partial charge in [-0.3, -0.25) is 0 Å². The quantitative estimate of drug-likeness (QED) is 0.506. The molecule has 0 N–H and O–H groups in total. The van der Waals surface area contributed by atoms with E-state index in [1.54, 1.807) is 0 Å². The molecule has 2 rings (SSSR count). The maximum absolute atomic E-state index is 3.63. The summed E-state index contributed by atoms with van der Waals surface area (Å²) in [6.07, 6.45) is 8.85. The lowest BCUT2D eigenvalue weighted by Gasteiger charge is -2.39. The maximum atomic E-state index is 3.63. The number of alkyl halides is 1. The Morgan fingerprint density at radius 1 is 1.14 bits per heavy atom. The lowest BCUT2D eigenvalue weighted by Crippen LogP contribution is -2.33. The molecular formula is C11H17BBr2. The second-order valence-corrected chi connectivity index (χ2v) is 6.29. The molecule has 0 spiro atoms. The van der Waals surface area contributed by atoms with Crippen LogP contribution in [0.2, 0.25) is 11.6 Å². The largest absolute Gasteiger partial charge is 0.173 e. The molecule has 2 fully saturated rings. The zero-order valence-corrected chi connectivity index (χ0v) is 11.7. The fraction of sp³-hybridized carbons (Fsp3) is 0.818. The van der Waals surface area contributed by atoms with Crippen molar-refractivity contribution in [3.05, 3.63) is 10.5 Å². The number of rotatable bonds is 2. The van der Waals surface area contributed by atoms with Gasteiger partial charge in [0.1, 0.15) is 0 Å². The summed E-state index contributed by atoms with van der Waals surface area (Å²) in [5, 5.41) is 0.975. The number of allylic oxidation sites excluding steroid dienone is 1. The van der Waals surface area contributed by atoms with E-state index in [0.29, 0.717) is 0 Å². The molecule has 2 heterocycles. The van der Waals surface area contributed by atoms with Gasteiger partial charge in [0.25, 0.3) is 0 Å². The van der Waals surface area contributed by atoms with Gasteiger partial charge in [-0.15, -0.1) is 5.98 Å². The van der Waals surface area contributed by atoms with Gasteiger partial charge >= 0.3 is 0 Å². The van der Waals surface area contributed by atoms with Gasteiger partial charge in [-0.1, -0.05) is 82.0 Å². The molecule has 0 atom stereocenters. The smallest absolute Gasteiger partial charge is 0.104 e. The molecule has 78 valence electrons. The molecule has 3 heteroatoms. The Morgan fingerprint density at radius 2 is 1.64 bits per heavy atom. The Hall–Kier alpha value is 0.765. The van der Waals surface area contributed by atoms with Gasteiger partial charge < -0.3 is 0 Å².